The molecule has 0 radical (unpaired) electrons. The minimum absolute atomic E-state index is 0.144. The normalized spacial score (nSPS) is 10.4. The van der Waals surface area contributed by atoms with Gasteiger partial charge in [-0.3, -0.25) is 14.9 Å². The van der Waals surface area contributed by atoms with Gasteiger partial charge in [-0.05, 0) is 19.9 Å². The first-order chi connectivity index (χ1) is 8.81. The molecule has 100 valence electrons. The van der Waals surface area contributed by atoms with Crippen molar-refractivity contribution in [3.63, 3.8) is 0 Å². The number of nitrogens with zero attached hydrogens (tertiary/aromatic N) is 2. The Morgan fingerprint density at radius 3 is 2.63 bits per heavy atom. The second-order valence-corrected chi connectivity index (χ2v) is 4.33. The first kappa shape index (κ1) is 14.4. The molecule has 1 aromatic rings. The summed E-state index contributed by atoms with van der Waals surface area (Å²) >= 11 is 0. The molecule has 0 saturated carbocycles. The van der Waals surface area contributed by atoms with Gasteiger partial charge in [0.05, 0.1) is 29.9 Å². The summed E-state index contributed by atoms with van der Waals surface area (Å²) < 4.78 is 4.98. The van der Waals surface area contributed by atoms with Gasteiger partial charge in [-0.2, -0.15) is 5.26 Å². The number of benzene rings is 1. The molecule has 0 aromatic heterocycles. The van der Waals surface area contributed by atoms with Crippen LogP contribution in [0.2, 0.25) is 0 Å². The van der Waals surface area contributed by atoms with Crippen LogP contribution in [0, 0.1) is 26.9 Å². The standard InChI is InChI=1S/C12H13N3O4/c1-12(2,7-13)11(16)14-9-5-4-8(15(17)18)6-10(9)19-3/h4-6H,1-3H3,(H,14,16). The number of nitro benzene ring substituents is 1. The van der Waals surface area contributed by atoms with E-state index in [9.17, 15) is 14.9 Å². The van der Waals surface area contributed by atoms with Crippen LogP contribution in [0.25, 0.3) is 0 Å². The third-order valence-electron chi connectivity index (χ3n) is 2.49. The number of anilines is 1. The highest BCUT2D eigenvalue weighted by atomic mass is 16.6. The number of hydrogen-bond donors (Lipinski definition) is 1. The van der Waals surface area contributed by atoms with Gasteiger partial charge < -0.3 is 10.1 Å². The fourth-order valence-electron chi connectivity index (χ4n) is 1.23. The van der Waals surface area contributed by atoms with Crippen LogP contribution >= 0.6 is 0 Å². The number of methoxy groups -OCH3 is 1. The van der Waals surface area contributed by atoms with Gasteiger partial charge in [0.2, 0.25) is 5.91 Å². The van der Waals surface area contributed by atoms with Crippen molar-refractivity contribution in [3.05, 3.63) is 28.3 Å². The number of non-ortho nitro benzene ring substituents is 1. The van der Waals surface area contributed by atoms with Crippen LogP contribution in [0.5, 0.6) is 5.75 Å². The van der Waals surface area contributed by atoms with Crippen molar-refractivity contribution < 1.29 is 14.5 Å². The summed E-state index contributed by atoms with van der Waals surface area (Å²) in [6, 6.07) is 5.68. The molecule has 1 amide bonds. The van der Waals surface area contributed by atoms with E-state index in [0.717, 1.165) is 0 Å². The molecular weight excluding hydrogens is 250 g/mol. The topological polar surface area (TPSA) is 105 Å². The number of rotatable bonds is 4. The lowest BCUT2D eigenvalue weighted by Crippen LogP contribution is -2.29. The van der Waals surface area contributed by atoms with Gasteiger partial charge >= 0.3 is 0 Å². The fourth-order valence-corrected chi connectivity index (χ4v) is 1.23. The van der Waals surface area contributed by atoms with Crippen molar-refractivity contribution in [1.82, 2.24) is 0 Å². The number of nitro groups is 1. The van der Waals surface area contributed by atoms with Gasteiger partial charge in [-0.1, -0.05) is 0 Å². The molecule has 0 bridgehead atoms. The molecule has 0 fully saturated rings. The summed E-state index contributed by atoms with van der Waals surface area (Å²) in [6.07, 6.45) is 0. The van der Waals surface area contributed by atoms with Gasteiger partial charge in [0.1, 0.15) is 11.2 Å². The summed E-state index contributed by atoms with van der Waals surface area (Å²) in [5.41, 5.74) is -1.07. The molecule has 1 aromatic carbocycles. The second-order valence-electron chi connectivity index (χ2n) is 4.33. The van der Waals surface area contributed by atoms with E-state index in [-0.39, 0.29) is 17.1 Å². The Labute approximate surface area is 109 Å². The van der Waals surface area contributed by atoms with Gasteiger partial charge in [-0.25, -0.2) is 0 Å². The number of hydrogen-bond acceptors (Lipinski definition) is 5. The monoisotopic (exact) mass is 263 g/mol. The van der Waals surface area contributed by atoms with Gasteiger partial charge in [0.15, 0.2) is 0 Å². The van der Waals surface area contributed by atoms with Crippen LogP contribution in [0.15, 0.2) is 18.2 Å². The Bertz CT molecular complexity index is 561. The summed E-state index contributed by atoms with van der Waals surface area (Å²) in [6.45, 7) is 2.94. The molecule has 1 rings (SSSR count). The Hall–Kier alpha value is -2.62. The van der Waals surface area contributed by atoms with E-state index in [4.69, 9.17) is 10.00 Å². The van der Waals surface area contributed by atoms with Gasteiger partial charge in [-0.15, -0.1) is 0 Å². The number of nitrogens with one attached hydrogen (secondary N) is 1. The Morgan fingerprint density at radius 2 is 2.16 bits per heavy atom. The van der Waals surface area contributed by atoms with Crippen molar-refractivity contribution in [3.8, 4) is 11.8 Å². The molecule has 0 heterocycles. The fraction of sp³-hybridized carbons (Fsp3) is 0.333. The molecule has 0 aliphatic rings. The van der Waals surface area contributed by atoms with Crippen LogP contribution in [-0.4, -0.2) is 17.9 Å². The number of nitriles is 1. The molecular formula is C12H13N3O4. The van der Waals surface area contributed by atoms with Crippen molar-refractivity contribution in [2.75, 3.05) is 12.4 Å². The van der Waals surface area contributed by atoms with Crippen molar-refractivity contribution in [2.45, 2.75) is 13.8 Å². The predicted molar refractivity (Wildman–Crippen MR) is 67.7 cm³/mol. The second kappa shape index (κ2) is 5.35. The van der Waals surface area contributed by atoms with Crippen molar-refractivity contribution >= 4 is 17.3 Å². The minimum atomic E-state index is -1.20. The highest BCUT2D eigenvalue weighted by Crippen LogP contribution is 2.30. The molecule has 0 saturated heterocycles. The SMILES string of the molecule is COc1cc([N+](=O)[O-])ccc1NC(=O)C(C)(C)C#N. The average molecular weight is 263 g/mol. The van der Waals surface area contributed by atoms with Gasteiger partial charge in [0, 0.05) is 6.07 Å². The van der Waals surface area contributed by atoms with E-state index < -0.39 is 16.2 Å². The van der Waals surface area contributed by atoms with E-state index in [1.807, 2.05) is 6.07 Å². The lowest BCUT2D eigenvalue weighted by molar-refractivity contribution is -0.384. The number of amides is 1. The predicted octanol–water partition coefficient (Wildman–Crippen LogP) is 2.09. The summed E-state index contributed by atoms with van der Waals surface area (Å²) in [5.74, 6) is -0.349. The number of carbonyl (C=O) groups excluding carboxylic acids is 1. The van der Waals surface area contributed by atoms with Crippen LogP contribution < -0.4 is 10.1 Å². The summed E-state index contributed by atoms with van der Waals surface area (Å²) in [4.78, 5) is 21.9. The van der Waals surface area contributed by atoms with Crippen LogP contribution in [0.3, 0.4) is 0 Å². The molecule has 0 atom stereocenters. The van der Waals surface area contributed by atoms with E-state index in [2.05, 4.69) is 5.32 Å². The lowest BCUT2D eigenvalue weighted by atomic mass is 9.94. The molecule has 0 aliphatic heterocycles. The Balaban J connectivity index is 3.06. The van der Waals surface area contributed by atoms with E-state index in [1.165, 1.54) is 39.2 Å². The number of carbonyl (C=O) groups is 1. The average Bonchev–Trinajstić information content (AvgIpc) is 2.38. The summed E-state index contributed by atoms with van der Waals surface area (Å²) in [5, 5.41) is 22.0. The quantitative estimate of drug-likeness (QED) is 0.661. The minimum Gasteiger partial charge on any atom is -0.494 e. The van der Waals surface area contributed by atoms with Gasteiger partial charge in [0.25, 0.3) is 5.69 Å². The molecule has 0 unspecified atom stereocenters. The zero-order valence-electron chi connectivity index (χ0n) is 10.8. The third kappa shape index (κ3) is 3.19. The zero-order chi connectivity index (χ0) is 14.6. The zero-order valence-corrected chi connectivity index (χ0v) is 10.8. The first-order valence-electron chi connectivity index (χ1n) is 5.37. The molecule has 0 aliphatic carbocycles. The largest absolute Gasteiger partial charge is 0.494 e. The van der Waals surface area contributed by atoms with Crippen molar-refractivity contribution in [2.24, 2.45) is 5.41 Å². The molecule has 7 heteroatoms. The maximum Gasteiger partial charge on any atom is 0.273 e. The van der Waals surface area contributed by atoms with Crippen LogP contribution in [-0.2, 0) is 4.79 Å². The highest BCUT2D eigenvalue weighted by Gasteiger charge is 2.28. The first-order valence-corrected chi connectivity index (χ1v) is 5.37. The third-order valence-corrected chi connectivity index (χ3v) is 2.49. The Kier molecular flexibility index (Phi) is 4.07. The van der Waals surface area contributed by atoms with Crippen LogP contribution in [0.1, 0.15) is 13.8 Å². The lowest BCUT2D eigenvalue weighted by Gasteiger charge is -2.16. The maximum absolute atomic E-state index is 11.8. The summed E-state index contributed by atoms with van der Waals surface area (Å²) in [7, 11) is 1.34. The van der Waals surface area contributed by atoms with Crippen LogP contribution in [0.4, 0.5) is 11.4 Å². The highest BCUT2D eigenvalue weighted by molar-refractivity contribution is 5.97. The number of ether oxygens (including phenoxy) is 1. The maximum atomic E-state index is 11.8. The molecule has 0 spiro atoms. The molecule has 19 heavy (non-hydrogen) atoms. The van der Waals surface area contributed by atoms with E-state index in [0.29, 0.717) is 0 Å². The molecule has 7 nitrogen and oxygen atoms in total. The van der Waals surface area contributed by atoms with E-state index in [1.54, 1.807) is 0 Å². The Morgan fingerprint density at radius 1 is 1.53 bits per heavy atom. The van der Waals surface area contributed by atoms with Crippen molar-refractivity contribution in [1.29, 1.82) is 5.26 Å². The molecule has 1 N–H and O–H groups in total. The smallest absolute Gasteiger partial charge is 0.273 e. The van der Waals surface area contributed by atoms with E-state index >= 15 is 0 Å².